The molecule has 0 radical (unpaired) electrons. The van der Waals surface area contributed by atoms with Crippen LogP contribution in [-0.2, 0) is 11.3 Å². The molecule has 3 nitrogen and oxygen atoms in total. The summed E-state index contributed by atoms with van der Waals surface area (Å²) >= 11 is 0. The van der Waals surface area contributed by atoms with Crippen molar-refractivity contribution >= 4 is 5.91 Å². The number of halogens is 1. The van der Waals surface area contributed by atoms with E-state index in [0.717, 1.165) is 12.8 Å². The van der Waals surface area contributed by atoms with Gasteiger partial charge >= 0.3 is 0 Å². The van der Waals surface area contributed by atoms with Gasteiger partial charge in [-0.15, -0.1) is 0 Å². The van der Waals surface area contributed by atoms with Gasteiger partial charge in [0.25, 0.3) is 0 Å². The van der Waals surface area contributed by atoms with Crippen LogP contribution in [0.3, 0.4) is 0 Å². The molecule has 0 saturated heterocycles. The number of benzene rings is 1. The van der Waals surface area contributed by atoms with Crippen LogP contribution in [0.4, 0.5) is 4.39 Å². The summed E-state index contributed by atoms with van der Waals surface area (Å²) in [6, 6.07) is 6.98. The molecule has 1 aliphatic carbocycles. The molecule has 4 heteroatoms. The summed E-state index contributed by atoms with van der Waals surface area (Å²) in [6.07, 6.45) is 2.56. The Kier molecular flexibility index (Phi) is 4.31. The lowest BCUT2D eigenvalue weighted by Crippen LogP contribution is -2.34. The Bertz CT molecular complexity index is 418. The predicted octanol–water partition coefficient (Wildman–Crippen LogP) is 1.93. The summed E-state index contributed by atoms with van der Waals surface area (Å²) in [6.45, 7) is 1.05. The average Bonchev–Trinajstić information content (AvgIpc) is 3.19. The average molecular weight is 250 g/mol. The van der Waals surface area contributed by atoms with E-state index in [2.05, 4.69) is 5.32 Å². The lowest BCUT2D eigenvalue weighted by Gasteiger charge is -2.22. The standard InChI is InChI=1S/C14H19FN2O/c1-16-9-8-14(18)17(12-6-7-12)10-11-4-2-3-5-13(11)15/h2-5,12,16H,6-10H2,1H3. The van der Waals surface area contributed by atoms with E-state index in [1.807, 2.05) is 18.0 Å². The number of rotatable bonds is 6. The molecule has 1 aromatic carbocycles. The van der Waals surface area contributed by atoms with Crippen LogP contribution in [0.2, 0.25) is 0 Å². The third-order valence-corrected chi connectivity index (χ3v) is 3.20. The Morgan fingerprint density at radius 3 is 2.78 bits per heavy atom. The van der Waals surface area contributed by atoms with Crippen LogP contribution in [0.5, 0.6) is 0 Å². The Labute approximate surface area is 107 Å². The van der Waals surface area contributed by atoms with Gasteiger partial charge in [0.05, 0.1) is 0 Å². The first kappa shape index (κ1) is 13.0. The lowest BCUT2D eigenvalue weighted by atomic mass is 10.2. The first-order valence-electron chi connectivity index (χ1n) is 6.40. The zero-order valence-electron chi connectivity index (χ0n) is 10.7. The molecular formula is C14H19FN2O. The summed E-state index contributed by atoms with van der Waals surface area (Å²) in [7, 11) is 1.83. The van der Waals surface area contributed by atoms with Crippen molar-refractivity contribution in [3.8, 4) is 0 Å². The summed E-state index contributed by atoms with van der Waals surface area (Å²) in [5.41, 5.74) is 0.599. The van der Waals surface area contributed by atoms with Gasteiger partial charge in [0.2, 0.25) is 5.91 Å². The largest absolute Gasteiger partial charge is 0.335 e. The van der Waals surface area contributed by atoms with E-state index in [1.54, 1.807) is 12.1 Å². The number of carbonyl (C=O) groups excluding carboxylic acids is 1. The van der Waals surface area contributed by atoms with Crippen molar-refractivity contribution in [3.05, 3.63) is 35.6 Å². The third kappa shape index (κ3) is 3.29. The molecule has 18 heavy (non-hydrogen) atoms. The Hall–Kier alpha value is -1.42. The maximum atomic E-state index is 13.6. The minimum Gasteiger partial charge on any atom is -0.335 e. The molecule has 0 spiro atoms. The number of nitrogens with zero attached hydrogens (tertiary/aromatic N) is 1. The van der Waals surface area contributed by atoms with Gasteiger partial charge in [-0.1, -0.05) is 18.2 Å². The molecule has 1 aliphatic rings. The van der Waals surface area contributed by atoms with Crippen LogP contribution < -0.4 is 5.32 Å². The summed E-state index contributed by atoms with van der Waals surface area (Å²) in [5.74, 6) is -0.125. The maximum absolute atomic E-state index is 13.6. The van der Waals surface area contributed by atoms with Crippen molar-refractivity contribution in [3.63, 3.8) is 0 Å². The van der Waals surface area contributed by atoms with Crippen molar-refractivity contribution in [2.45, 2.75) is 31.8 Å². The Morgan fingerprint density at radius 2 is 2.17 bits per heavy atom. The number of hydrogen-bond acceptors (Lipinski definition) is 2. The van der Waals surface area contributed by atoms with Crippen molar-refractivity contribution in [1.82, 2.24) is 10.2 Å². The molecule has 98 valence electrons. The molecule has 0 unspecified atom stereocenters. The zero-order valence-corrected chi connectivity index (χ0v) is 10.7. The number of amides is 1. The minimum atomic E-state index is -0.232. The summed E-state index contributed by atoms with van der Waals surface area (Å²) in [5, 5.41) is 2.97. The van der Waals surface area contributed by atoms with Gasteiger partial charge in [-0.05, 0) is 26.0 Å². The Balaban J connectivity index is 2.02. The van der Waals surface area contributed by atoms with E-state index in [-0.39, 0.29) is 11.7 Å². The van der Waals surface area contributed by atoms with E-state index >= 15 is 0 Å². The van der Waals surface area contributed by atoms with Crippen molar-refractivity contribution < 1.29 is 9.18 Å². The number of nitrogens with one attached hydrogen (secondary N) is 1. The zero-order chi connectivity index (χ0) is 13.0. The quantitative estimate of drug-likeness (QED) is 0.836. The van der Waals surface area contributed by atoms with Gasteiger partial charge in [0, 0.05) is 31.1 Å². The fourth-order valence-electron chi connectivity index (χ4n) is 1.99. The molecule has 1 N–H and O–H groups in total. The van der Waals surface area contributed by atoms with E-state index in [4.69, 9.17) is 0 Å². The maximum Gasteiger partial charge on any atom is 0.224 e. The van der Waals surface area contributed by atoms with E-state index in [1.165, 1.54) is 6.07 Å². The topological polar surface area (TPSA) is 32.3 Å². The molecule has 0 aromatic heterocycles. The first-order chi connectivity index (χ1) is 8.72. The van der Waals surface area contributed by atoms with Crippen LogP contribution in [0.15, 0.2) is 24.3 Å². The molecule has 0 bridgehead atoms. The highest BCUT2D eigenvalue weighted by Crippen LogP contribution is 2.29. The lowest BCUT2D eigenvalue weighted by molar-refractivity contribution is -0.132. The van der Waals surface area contributed by atoms with E-state index < -0.39 is 0 Å². The van der Waals surface area contributed by atoms with Crippen LogP contribution in [-0.4, -0.2) is 30.4 Å². The Morgan fingerprint density at radius 1 is 1.44 bits per heavy atom. The second-order valence-electron chi connectivity index (χ2n) is 4.70. The van der Waals surface area contributed by atoms with Crippen molar-refractivity contribution in [2.75, 3.05) is 13.6 Å². The van der Waals surface area contributed by atoms with Crippen LogP contribution in [0, 0.1) is 5.82 Å². The first-order valence-corrected chi connectivity index (χ1v) is 6.40. The molecule has 1 saturated carbocycles. The van der Waals surface area contributed by atoms with Gasteiger partial charge in [-0.2, -0.15) is 0 Å². The minimum absolute atomic E-state index is 0.107. The van der Waals surface area contributed by atoms with Crippen LogP contribution >= 0.6 is 0 Å². The second kappa shape index (κ2) is 5.96. The number of carbonyl (C=O) groups is 1. The monoisotopic (exact) mass is 250 g/mol. The predicted molar refractivity (Wildman–Crippen MR) is 68.5 cm³/mol. The van der Waals surface area contributed by atoms with Gasteiger partial charge in [0.1, 0.15) is 5.82 Å². The van der Waals surface area contributed by atoms with Crippen LogP contribution in [0.1, 0.15) is 24.8 Å². The van der Waals surface area contributed by atoms with Gasteiger partial charge in [0.15, 0.2) is 0 Å². The third-order valence-electron chi connectivity index (χ3n) is 3.20. The molecular weight excluding hydrogens is 231 g/mol. The van der Waals surface area contributed by atoms with Crippen molar-refractivity contribution in [1.29, 1.82) is 0 Å². The SMILES string of the molecule is CNCCC(=O)N(Cc1ccccc1F)C1CC1. The highest BCUT2D eigenvalue weighted by molar-refractivity contribution is 5.77. The smallest absolute Gasteiger partial charge is 0.224 e. The second-order valence-corrected chi connectivity index (χ2v) is 4.70. The molecule has 1 fully saturated rings. The summed E-state index contributed by atoms with van der Waals surface area (Å²) in [4.78, 5) is 13.9. The molecule has 0 aliphatic heterocycles. The normalized spacial score (nSPS) is 14.6. The highest BCUT2D eigenvalue weighted by atomic mass is 19.1. The van der Waals surface area contributed by atoms with E-state index in [0.29, 0.717) is 31.1 Å². The molecule has 1 aromatic rings. The fourth-order valence-corrected chi connectivity index (χ4v) is 1.99. The van der Waals surface area contributed by atoms with Gasteiger partial charge < -0.3 is 10.2 Å². The van der Waals surface area contributed by atoms with Crippen molar-refractivity contribution in [2.24, 2.45) is 0 Å². The number of hydrogen-bond donors (Lipinski definition) is 1. The summed E-state index contributed by atoms with van der Waals surface area (Å²) < 4.78 is 13.6. The van der Waals surface area contributed by atoms with Crippen LogP contribution in [0.25, 0.3) is 0 Å². The molecule has 0 heterocycles. The molecule has 0 atom stereocenters. The van der Waals surface area contributed by atoms with Gasteiger partial charge in [-0.25, -0.2) is 4.39 Å². The fraction of sp³-hybridized carbons (Fsp3) is 0.500. The highest BCUT2D eigenvalue weighted by Gasteiger charge is 2.32. The molecule has 1 amide bonds. The molecule has 2 rings (SSSR count). The van der Waals surface area contributed by atoms with Gasteiger partial charge in [-0.3, -0.25) is 4.79 Å². The van der Waals surface area contributed by atoms with E-state index in [9.17, 15) is 9.18 Å².